The van der Waals surface area contributed by atoms with Crippen LogP contribution in [0.2, 0.25) is 0 Å². The average Bonchev–Trinajstić information content (AvgIpc) is 2.84. The molecule has 0 saturated carbocycles. The highest BCUT2D eigenvalue weighted by atomic mass is 16.1. The largest absolute Gasteiger partial charge is 0.352 e. The number of nitrogens with one attached hydrogen (secondary N) is 2. The van der Waals surface area contributed by atoms with Gasteiger partial charge >= 0.3 is 0 Å². The van der Waals surface area contributed by atoms with E-state index in [0.717, 1.165) is 24.2 Å². The highest BCUT2D eigenvalue weighted by molar-refractivity contribution is 6.24. The lowest BCUT2D eigenvalue weighted by Crippen LogP contribution is -2.26. The van der Waals surface area contributed by atoms with Crippen molar-refractivity contribution in [2.24, 2.45) is 0 Å². The van der Waals surface area contributed by atoms with Crippen LogP contribution >= 0.6 is 0 Å². The van der Waals surface area contributed by atoms with E-state index in [1.807, 2.05) is 60.7 Å². The third kappa shape index (κ3) is 7.74. The third-order valence-corrected chi connectivity index (χ3v) is 5.97. The second-order valence-corrected chi connectivity index (χ2v) is 8.67. The summed E-state index contributed by atoms with van der Waals surface area (Å²) >= 11 is 0. The minimum Gasteiger partial charge on any atom is -0.352 e. The molecular weight excluding hydrogens is 408 g/mol. The van der Waals surface area contributed by atoms with E-state index in [0.29, 0.717) is 23.4 Å². The summed E-state index contributed by atoms with van der Waals surface area (Å²) in [6.45, 7) is 2.24. The van der Waals surface area contributed by atoms with Crippen molar-refractivity contribution in [1.82, 2.24) is 0 Å². The smallest absolute Gasteiger partial charge is 0.207 e. The number of para-hydroxylation sites is 2. The van der Waals surface area contributed by atoms with Crippen molar-refractivity contribution in [2.45, 2.75) is 71.1 Å². The molecule has 0 atom stereocenters. The van der Waals surface area contributed by atoms with Crippen LogP contribution in [0.4, 0.5) is 11.4 Å². The minimum absolute atomic E-state index is 0.101. The first-order valence-electron chi connectivity index (χ1n) is 12.4. The van der Waals surface area contributed by atoms with Crippen molar-refractivity contribution in [3.05, 3.63) is 83.7 Å². The van der Waals surface area contributed by atoms with Gasteiger partial charge in [0.15, 0.2) is 0 Å². The van der Waals surface area contributed by atoms with Crippen LogP contribution in [0.25, 0.3) is 0 Å². The van der Waals surface area contributed by atoms with Crippen LogP contribution in [0, 0.1) is 0 Å². The molecule has 0 fully saturated rings. The molecule has 4 nitrogen and oxygen atoms in total. The summed E-state index contributed by atoms with van der Waals surface area (Å²) in [6, 6.07) is 19.1. The van der Waals surface area contributed by atoms with E-state index in [2.05, 4.69) is 17.6 Å². The first-order valence-corrected chi connectivity index (χ1v) is 12.4. The summed E-state index contributed by atoms with van der Waals surface area (Å²) in [4.78, 5) is 26.4. The van der Waals surface area contributed by atoms with Crippen LogP contribution in [-0.2, 0) is 9.59 Å². The van der Waals surface area contributed by atoms with E-state index in [1.165, 1.54) is 51.0 Å². The zero-order valence-electron chi connectivity index (χ0n) is 19.7. The van der Waals surface area contributed by atoms with Crippen molar-refractivity contribution in [1.29, 1.82) is 0 Å². The topological polar surface area (TPSA) is 58.2 Å². The number of ketones is 2. The Morgan fingerprint density at radius 2 is 1.15 bits per heavy atom. The van der Waals surface area contributed by atoms with Crippen molar-refractivity contribution in [3.63, 3.8) is 0 Å². The molecule has 0 saturated heterocycles. The van der Waals surface area contributed by atoms with Crippen LogP contribution < -0.4 is 10.6 Å². The molecule has 0 heterocycles. The summed E-state index contributed by atoms with van der Waals surface area (Å²) < 4.78 is 0. The third-order valence-electron chi connectivity index (χ3n) is 5.97. The number of unbranched alkanes of at least 4 members (excludes halogenated alkanes) is 8. The monoisotopic (exact) mass is 444 g/mol. The van der Waals surface area contributed by atoms with E-state index in [-0.39, 0.29) is 11.6 Å². The number of anilines is 2. The molecular formula is C29H36N2O2. The Balaban J connectivity index is 1.64. The van der Waals surface area contributed by atoms with E-state index >= 15 is 0 Å². The Kier molecular flexibility index (Phi) is 9.96. The van der Waals surface area contributed by atoms with Crippen molar-refractivity contribution >= 4 is 22.9 Å². The number of allylic oxidation sites excluding steroid dienone is 2. The van der Waals surface area contributed by atoms with E-state index in [9.17, 15) is 9.59 Å². The number of hydrogen-bond acceptors (Lipinski definition) is 4. The Morgan fingerprint density at radius 3 is 1.73 bits per heavy atom. The lowest BCUT2D eigenvalue weighted by molar-refractivity contribution is -0.115. The Labute approximate surface area is 198 Å². The van der Waals surface area contributed by atoms with Crippen molar-refractivity contribution < 1.29 is 9.59 Å². The lowest BCUT2D eigenvalue weighted by atomic mass is 9.92. The van der Waals surface area contributed by atoms with Gasteiger partial charge in [-0.25, -0.2) is 0 Å². The molecule has 0 spiro atoms. The fourth-order valence-corrected chi connectivity index (χ4v) is 4.12. The number of rotatable bonds is 14. The normalized spacial score (nSPS) is 13.8. The predicted molar refractivity (Wildman–Crippen MR) is 137 cm³/mol. The van der Waals surface area contributed by atoms with Crippen LogP contribution in [-0.4, -0.2) is 11.6 Å². The van der Waals surface area contributed by atoms with Gasteiger partial charge in [0, 0.05) is 23.0 Å². The highest BCUT2D eigenvalue weighted by Gasteiger charge is 2.28. The molecule has 1 aliphatic carbocycles. The Bertz CT molecular complexity index is 962. The van der Waals surface area contributed by atoms with E-state index < -0.39 is 0 Å². The van der Waals surface area contributed by atoms with Gasteiger partial charge in [0.05, 0.1) is 11.4 Å². The van der Waals surface area contributed by atoms with Gasteiger partial charge < -0.3 is 10.6 Å². The maximum atomic E-state index is 13.4. The molecule has 0 aliphatic heterocycles. The van der Waals surface area contributed by atoms with Crippen LogP contribution in [0.15, 0.2) is 83.7 Å². The minimum atomic E-state index is -0.164. The molecule has 1 aliphatic rings. The number of carbonyl (C=O) groups excluding carboxylic acids is 2. The summed E-state index contributed by atoms with van der Waals surface area (Å²) in [5.41, 5.74) is 2.94. The first kappa shape index (κ1) is 24.5. The molecule has 4 heteroatoms. The van der Waals surface area contributed by atoms with Crippen LogP contribution in [0.1, 0.15) is 71.1 Å². The van der Waals surface area contributed by atoms with Gasteiger partial charge in [0.1, 0.15) is 0 Å². The van der Waals surface area contributed by atoms with Gasteiger partial charge in [-0.1, -0.05) is 94.7 Å². The zero-order chi connectivity index (χ0) is 23.3. The fraction of sp³-hybridized carbons (Fsp3) is 0.379. The standard InChI is InChI=1S/C29H36N2O2/c1-2-3-4-5-6-7-8-9-16-21-25-28(31-24-19-14-11-15-20-24)27(32)22-26(29(25)33)30-23-17-12-10-13-18-23/h10-15,17-20,22,30-31H,2-9,16,21H2,1H3. The summed E-state index contributed by atoms with van der Waals surface area (Å²) in [6.07, 6.45) is 12.9. The first-order chi connectivity index (χ1) is 16.2. The maximum Gasteiger partial charge on any atom is 0.207 e. The van der Waals surface area contributed by atoms with Gasteiger partial charge in [-0.15, -0.1) is 0 Å². The van der Waals surface area contributed by atoms with Gasteiger partial charge in [0.25, 0.3) is 0 Å². The number of hydrogen-bond donors (Lipinski definition) is 2. The molecule has 0 bridgehead atoms. The maximum absolute atomic E-state index is 13.4. The summed E-state index contributed by atoms with van der Waals surface area (Å²) in [5.74, 6) is -0.265. The second kappa shape index (κ2) is 13.4. The van der Waals surface area contributed by atoms with Crippen molar-refractivity contribution in [3.8, 4) is 0 Å². The van der Waals surface area contributed by atoms with Crippen LogP contribution in [0.3, 0.4) is 0 Å². The van der Waals surface area contributed by atoms with E-state index in [1.54, 1.807) is 0 Å². The Morgan fingerprint density at radius 1 is 0.636 bits per heavy atom. The molecule has 0 unspecified atom stereocenters. The zero-order valence-corrected chi connectivity index (χ0v) is 19.7. The molecule has 0 aromatic heterocycles. The van der Waals surface area contributed by atoms with Gasteiger partial charge in [-0.3, -0.25) is 9.59 Å². The molecule has 2 N–H and O–H groups in total. The fourth-order valence-electron chi connectivity index (χ4n) is 4.12. The molecule has 33 heavy (non-hydrogen) atoms. The number of benzene rings is 2. The average molecular weight is 445 g/mol. The molecule has 3 rings (SSSR count). The molecule has 0 amide bonds. The van der Waals surface area contributed by atoms with Gasteiger partial charge in [0.2, 0.25) is 11.6 Å². The SMILES string of the molecule is CCCCCCCCCCCC1=C(Nc2ccccc2)C(=O)C=C(Nc2ccccc2)C1=O. The van der Waals surface area contributed by atoms with Crippen molar-refractivity contribution in [2.75, 3.05) is 10.6 Å². The molecule has 174 valence electrons. The molecule has 2 aromatic carbocycles. The molecule has 0 radical (unpaired) electrons. The quantitative estimate of drug-likeness (QED) is 0.235. The second-order valence-electron chi connectivity index (χ2n) is 8.67. The van der Waals surface area contributed by atoms with E-state index in [4.69, 9.17) is 0 Å². The van der Waals surface area contributed by atoms with Gasteiger partial charge in [-0.05, 0) is 37.1 Å². The highest BCUT2D eigenvalue weighted by Crippen LogP contribution is 2.27. The van der Waals surface area contributed by atoms with Crippen LogP contribution in [0.5, 0.6) is 0 Å². The summed E-state index contributed by atoms with van der Waals surface area (Å²) in [5, 5.41) is 6.35. The Hall–Kier alpha value is -3.14. The number of carbonyl (C=O) groups is 2. The lowest BCUT2D eigenvalue weighted by Gasteiger charge is -2.21. The van der Waals surface area contributed by atoms with Gasteiger partial charge in [-0.2, -0.15) is 0 Å². The predicted octanol–water partition coefficient (Wildman–Crippen LogP) is 7.42. The molecule has 2 aromatic rings. The number of Topliss-reactive ketones (excluding diaryl/α,β-unsaturated/α-hetero) is 1. The summed E-state index contributed by atoms with van der Waals surface area (Å²) in [7, 11) is 0.